The first-order valence-corrected chi connectivity index (χ1v) is 6.22. The summed E-state index contributed by atoms with van der Waals surface area (Å²) >= 11 is 0. The third-order valence-electron chi connectivity index (χ3n) is 2.99. The van der Waals surface area contributed by atoms with E-state index in [0.717, 1.165) is 5.56 Å². The Bertz CT molecular complexity index is 769. The van der Waals surface area contributed by atoms with Crippen molar-refractivity contribution >= 4 is 0 Å². The third kappa shape index (κ3) is 2.69. The molecule has 1 aromatic heterocycles. The molecule has 0 aliphatic carbocycles. The quantitative estimate of drug-likeness (QED) is 0.724. The molecule has 0 fully saturated rings. The van der Waals surface area contributed by atoms with Gasteiger partial charge in [-0.25, -0.2) is 4.39 Å². The number of phenols is 2. The number of phenolic OH excluding ortho intramolecular Hbond substituents is 2. The Morgan fingerprint density at radius 1 is 1.05 bits per heavy atom. The molecule has 0 aliphatic heterocycles. The van der Waals surface area contributed by atoms with Gasteiger partial charge in [0.15, 0.2) is 17.3 Å². The van der Waals surface area contributed by atoms with Crippen molar-refractivity contribution in [3.63, 3.8) is 0 Å². The van der Waals surface area contributed by atoms with Crippen molar-refractivity contribution < 1.29 is 19.1 Å². The summed E-state index contributed by atoms with van der Waals surface area (Å²) in [5.41, 5.74) is 1.09. The smallest absolute Gasteiger partial charge is 0.261 e. The van der Waals surface area contributed by atoms with E-state index in [2.05, 4.69) is 10.1 Å². The molecule has 21 heavy (non-hydrogen) atoms. The molecule has 0 amide bonds. The molecule has 0 aliphatic rings. The standard InChI is InChI=1S/C15H11FN2O3/c16-10-6-4-9(5-7-10)8-13-17-15(21-18-13)11-2-1-3-12(19)14(11)20/h1-7,19-20H,8H2. The van der Waals surface area contributed by atoms with Crippen LogP contribution in [0.3, 0.4) is 0 Å². The largest absolute Gasteiger partial charge is 0.504 e. The molecule has 6 heteroatoms. The van der Waals surface area contributed by atoms with Gasteiger partial charge in [-0.3, -0.25) is 0 Å². The Morgan fingerprint density at radius 3 is 2.57 bits per heavy atom. The van der Waals surface area contributed by atoms with E-state index in [1.54, 1.807) is 24.3 Å². The lowest BCUT2D eigenvalue weighted by Gasteiger charge is -2.00. The topological polar surface area (TPSA) is 79.4 Å². The van der Waals surface area contributed by atoms with Gasteiger partial charge >= 0.3 is 0 Å². The van der Waals surface area contributed by atoms with Crippen LogP contribution in [0.1, 0.15) is 11.4 Å². The van der Waals surface area contributed by atoms with Crippen LogP contribution in [0.2, 0.25) is 0 Å². The van der Waals surface area contributed by atoms with Gasteiger partial charge in [-0.15, -0.1) is 0 Å². The summed E-state index contributed by atoms with van der Waals surface area (Å²) in [6.45, 7) is 0. The zero-order chi connectivity index (χ0) is 14.8. The number of hydrogen-bond donors (Lipinski definition) is 2. The molecule has 5 nitrogen and oxygen atoms in total. The molecule has 2 aromatic carbocycles. The lowest BCUT2D eigenvalue weighted by molar-refractivity contribution is 0.396. The maximum Gasteiger partial charge on any atom is 0.261 e. The van der Waals surface area contributed by atoms with Gasteiger partial charge in [0.25, 0.3) is 5.89 Å². The van der Waals surface area contributed by atoms with Crippen LogP contribution >= 0.6 is 0 Å². The van der Waals surface area contributed by atoms with E-state index in [1.807, 2.05) is 0 Å². The number of rotatable bonds is 3. The van der Waals surface area contributed by atoms with Gasteiger partial charge in [0.05, 0.1) is 5.56 Å². The second-order valence-electron chi connectivity index (χ2n) is 4.49. The monoisotopic (exact) mass is 286 g/mol. The molecular weight excluding hydrogens is 275 g/mol. The minimum absolute atomic E-state index is 0.112. The number of benzene rings is 2. The van der Waals surface area contributed by atoms with E-state index in [9.17, 15) is 14.6 Å². The maximum atomic E-state index is 12.8. The highest BCUT2D eigenvalue weighted by molar-refractivity contribution is 5.66. The van der Waals surface area contributed by atoms with Crippen molar-refractivity contribution in [1.29, 1.82) is 0 Å². The normalized spacial score (nSPS) is 10.7. The van der Waals surface area contributed by atoms with Crippen molar-refractivity contribution in [2.75, 3.05) is 0 Å². The molecule has 0 saturated heterocycles. The number of aromatic nitrogens is 2. The first-order valence-electron chi connectivity index (χ1n) is 6.22. The predicted octanol–water partition coefficient (Wildman–Crippen LogP) is 2.88. The van der Waals surface area contributed by atoms with Crippen molar-refractivity contribution in [2.45, 2.75) is 6.42 Å². The fraction of sp³-hybridized carbons (Fsp3) is 0.0667. The van der Waals surface area contributed by atoms with Crippen LogP contribution < -0.4 is 0 Å². The van der Waals surface area contributed by atoms with Crippen molar-refractivity contribution in [1.82, 2.24) is 10.1 Å². The van der Waals surface area contributed by atoms with E-state index < -0.39 is 0 Å². The second-order valence-corrected chi connectivity index (χ2v) is 4.49. The highest BCUT2D eigenvalue weighted by Gasteiger charge is 2.15. The van der Waals surface area contributed by atoms with Gasteiger partial charge in [-0.2, -0.15) is 4.98 Å². The number of para-hydroxylation sites is 1. The van der Waals surface area contributed by atoms with E-state index >= 15 is 0 Å². The summed E-state index contributed by atoms with van der Waals surface area (Å²) in [7, 11) is 0. The first kappa shape index (κ1) is 13.1. The molecule has 0 atom stereocenters. The van der Waals surface area contributed by atoms with Crippen LogP contribution in [0.4, 0.5) is 4.39 Å². The van der Waals surface area contributed by atoms with E-state index in [1.165, 1.54) is 18.2 Å². The third-order valence-corrected chi connectivity index (χ3v) is 2.99. The van der Waals surface area contributed by atoms with Gasteiger partial charge < -0.3 is 14.7 Å². The summed E-state index contributed by atoms with van der Waals surface area (Å²) in [6.07, 6.45) is 0.378. The fourth-order valence-electron chi connectivity index (χ4n) is 1.92. The second kappa shape index (κ2) is 5.24. The highest BCUT2D eigenvalue weighted by Crippen LogP contribution is 2.35. The SMILES string of the molecule is Oc1cccc(-c2nc(Cc3ccc(F)cc3)no2)c1O. The summed E-state index contributed by atoms with van der Waals surface area (Å²) in [6, 6.07) is 10.5. The van der Waals surface area contributed by atoms with E-state index in [0.29, 0.717) is 12.2 Å². The Labute approximate surface area is 119 Å². The summed E-state index contributed by atoms with van der Waals surface area (Å²) < 4.78 is 17.9. The van der Waals surface area contributed by atoms with Gasteiger partial charge in [0, 0.05) is 6.42 Å². The number of hydrogen-bond acceptors (Lipinski definition) is 5. The lowest BCUT2D eigenvalue weighted by Crippen LogP contribution is -1.91. The van der Waals surface area contributed by atoms with Crippen LogP contribution in [0, 0.1) is 5.82 Å². The Morgan fingerprint density at radius 2 is 1.81 bits per heavy atom. The minimum Gasteiger partial charge on any atom is -0.504 e. The molecule has 0 spiro atoms. The van der Waals surface area contributed by atoms with Crippen molar-refractivity contribution in [2.24, 2.45) is 0 Å². The van der Waals surface area contributed by atoms with Crippen LogP contribution in [0.15, 0.2) is 47.0 Å². The molecule has 0 radical (unpaired) electrons. The van der Waals surface area contributed by atoms with Gasteiger partial charge in [-0.1, -0.05) is 23.4 Å². The average molecular weight is 286 g/mol. The summed E-state index contributed by atoms with van der Waals surface area (Å²) in [5, 5.41) is 23.0. The van der Waals surface area contributed by atoms with Crippen LogP contribution in [0.25, 0.3) is 11.5 Å². The fourth-order valence-corrected chi connectivity index (χ4v) is 1.92. The number of nitrogens with zero attached hydrogens (tertiary/aromatic N) is 2. The molecule has 1 heterocycles. The average Bonchev–Trinajstić information content (AvgIpc) is 2.93. The summed E-state index contributed by atoms with van der Waals surface area (Å²) in [4.78, 5) is 4.16. The van der Waals surface area contributed by atoms with Gasteiger partial charge in [0.1, 0.15) is 5.82 Å². The first-order chi connectivity index (χ1) is 10.1. The Hall–Kier alpha value is -2.89. The molecule has 106 valence electrons. The molecular formula is C15H11FN2O3. The lowest BCUT2D eigenvalue weighted by atomic mass is 10.1. The highest BCUT2D eigenvalue weighted by atomic mass is 19.1. The van der Waals surface area contributed by atoms with E-state index in [-0.39, 0.29) is 28.8 Å². The van der Waals surface area contributed by atoms with E-state index in [4.69, 9.17) is 4.52 Å². The molecule has 3 rings (SSSR count). The maximum absolute atomic E-state index is 12.8. The van der Waals surface area contributed by atoms with Crippen LogP contribution in [-0.4, -0.2) is 20.4 Å². The molecule has 0 bridgehead atoms. The predicted molar refractivity (Wildman–Crippen MR) is 72.3 cm³/mol. The van der Waals surface area contributed by atoms with Crippen molar-refractivity contribution in [3.8, 4) is 23.0 Å². The zero-order valence-electron chi connectivity index (χ0n) is 10.8. The molecule has 0 unspecified atom stereocenters. The Balaban J connectivity index is 1.86. The van der Waals surface area contributed by atoms with Crippen LogP contribution in [0.5, 0.6) is 11.5 Å². The summed E-state index contributed by atoms with van der Waals surface area (Å²) in [5.74, 6) is -0.364. The minimum atomic E-state index is -0.311. The van der Waals surface area contributed by atoms with Gasteiger partial charge in [-0.05, 0) is 29.8 Å². The van der Waals surface area contributed by atoms with Crippen molar-refractivity contribution in [3.05, 3.63) is 59.7 Å². The van der Waals surface area contributed by atoms with Crippen LogP contribution in [-0.2, 0) is 6.42 Å². The number of aromatic hydroxyl groups is 2. The molecule has 3 aromatic rings. The Kier molecular flexibility index (Phi) is 3.27. The zero-order valence-corrected chi connectivity index (χ0v) is 10.8. The molecule has 0 saturated carbocycles. The number of halogens is 1. The molecule has 2 N–H and O–H groups in total. The van der Waals surface area contributed by atoms with Gasteiger partial charge in [0.2, 0.25) is 0 Å².